The fraction of sp³-hybridized carbons (Fsp3) is 1.00. The minimum Gasteiger partial charge on any atom is -0.673 e. The molecular formula is C16H40N4W-4. The van der Waals surface area contributed by atoms with Crippen LogP contribution in [-0.2, 0) is 21.1 Å². The normalized spacial score (nSPS) is 11.4. The molecule has 0 aromatic rings. The molecule has 0 spiro atoms. The fourth-order valence-corrected chi connectivity index (χ4v) is 0. The van der Waals surface area contributed by atoms with Crippen LogP contribution in [0.4, 0.5) is 0 Å². The van der Waals surface area contributed by atoms with Crippen LogP contribution >= 0.6 is 0 Å². The predicted octanol–water partition coefficient (Wildman–Crippen LogP) is 7.35. The van der Waals surface area contributed by atoms with Crippen molar-refractivity contribution >= 4 is 0 Å². The topological polar surface area (TPSA) is 95.2 Å². The Hall–Kier alpha value is 0.528. The quantitative estimate of drug-likeness (QED) is 0.353. The molecule has 5 heteroatoms. The van der Waals surface area contributed by atoms with Gasteiger partial charge in [0.25, 0.3) is 0 Å². The molecule has 0 rings (SSSR count). The molecule has 0 aliphatic heterocycles. The van der Waals surface area contributed by atoms with Gasteiger partial charge in [-0.15, -0.1) is 22.2 Å². The molecule has 0 aromatic carbocycles. The minimum atomic E-state index is -0.250. The van der Waals surface area contributed by atoms with Crippen molar-refractivity contribution in [2.45, 2.75) is 105 Å². The van der Waals surface area contributed by atoms with Gasteiger partial charge < -0.3 is 22.9 Å². The maximum absolute atomic E-state index is 6.94. The van der Waals surface area contributed by atoms with Gasteiger partial charge in [0, 0.05) is 21.1 Å². The first kappa shape index (κ1) is 33.2. The van der Waals surface area contributed by atoms with E-state index in [1.165, 1.54) is 0 Å². The van der Waals surface area contributed by atoms with Crippen LogP contribution in [-0.4, -0.2) is 22.2 Å². The minimum absolute atomic E-state index is 0. The van der Waals surface area contributed by atoms with Crippen LogP contribution in [0.5, 0.6) is 0 Å². The van der Waals surface area contributed by atoms with Gasteiger partial charge in [0.05, 0.1) is 0 Å². The third-order valence-corrected chi connectivity index (χ3v) is 0. The Bertz CT molecular complexity index is 130. The molecule has 0 aromatic heterocycles. The average molecular weight is 472 g/mol. The predicted molar refractivity (Wildman–Crippen MR) is 96.3 cm³/mol. The van der Waals surface area contributed by atoms with Crippen LogP contribution in [0.15, 0.2) is 0 Å². The number of nitrogens with one attached hydrogen (secondary N) is 4. The zero-order valence-corrected chi connectivity index (χ0v) is 19.3. The Morgan fingerprint density at radius 3 is 0.333 bits per heavy atom. The Morgan fingerprint density at radius 2 is 0.333 bits per heavy atom. The second-order valence-corrected chi connectivity index (χ2v) is 9.00. The summed E-state index contributed by atoms with van der Waals surface area (Å²) in [5.74, 6) is 0. The summed E-state index contributed by atoms with van der Waals surface area (Å²) in [7, 11) is 0. The molecule has 0 atom stereocenters. The maximum atomic E-state index is 6.94. The van der Waals surface area contributed by atoms with Gasteiger partial charge in [-0.05, 0) is 0 Å². The molecule has 0 amide bonds. The van der Waals surface area contributed by atoms with Gasteiger partial charge in [-0.2, -0.15) is 0 Å². The van der Waals surface area contributed by atoms with E-state index in [9.17, 15) is 0 Å². The molecule has 0 bridgehead atoms. The Labute approximate surface area is 149 Å². The van der Waals surface area contributed by atoms with Crippen LogP contribution in [0.3, 0.4) is 0 Å². The second kappa shape index (κ2) is 13.0. The van der Waals surface area contributed by atoms with Crippen LogP contribution in [0, 0.1) is 0 Å². The van der Waals surface area contributed by atoms with Crippen molar-refractivity contribution in [3.05, 3.63) is 22.9 Å². The zero-order chi connectivity index (χ0) is 18.0. The van der Waals surface area contributed by atoms with Crippen molar-refractivity contribution in [2.75, 3.05) is 0 Å². The van der Waals surface area contributed by atoms with Gasteiger partial charge in [0.2, 0.25) is 0 Å². The van der Waals surface area contributed by atoms with E-state index in [1.54, 1.807) is 0 Å². The largest absolute Gasteiger partial charge is 0.673 e. The summed E-state index contributed by atoms with van der Waals surface area (Å²) in [6, 6.07) is 0. The molecule has 0 saturated heterocycles. The first-order valence-corrected chi connectivity index (χ1v) is 7.00. The van der Waals surface area contributed by atoms with Crippen molar-refractivity contribution < 1.29 is 21.1 Å². The molecule has 134 valence electrons. The molecule has 0 radical (unpaired) electrons. The fourth-order valence-electron chi connectivity index (χ4n) is 0. The van der Waals surface area contributed by atoms with Crippen molar-refractivity contribution in [2.24, 2.45) is 0 Å². The summed E-state index contributed by atoms with van der Waals surface area (Å²) in [4.78, 5) is 0. The second-order valence-electron chi connectivity index (χ2n) is 9.00. The summed E-state index contributed by atoms with van der Waals surface area (Å²) in [6.07, 6.45) is 0. The van der Waals surface area contributed by atoms with Crippen LogP contribution in [0.25, 0.3) is 22.9 Å². The van der Waals surface area contributed by atoms with E-state index in [1.807, 2.05) is 83.1 Å². The van der Waals surface area contributed by atoms with E-state index in [-0.39, 0.29) is 43.2 Å². The van der Waals surface area contributed by atoms with Gasteiger partial charge >= 0.3 is 0 Å². The van der Waals surface area contributed by atoms with Gasteiger partial charge in [-0.1, -0.05) is 83.1 Å². The molecule has 0 aliphatic rings. The number of hydrogen-bond donors (Lipinski definition) is 0. The molecular weight excluding hydrogens is 432 g/mol. The zero-order valence-electron chi connectivity index (χ0n) is 16.4. The van der Waals surface area contributed by atoms with Crippen molar-refractivity contribution in [1.82, 2.24) is 0 Å². The number of rotatable bonds is 0. The Balaban J connectivity index is -0.0000000533. The summed E-state index contributed by atoms with van der Waals surface area (Å²) < 4.78 is 0. The number of hydrogen-bond acceptors (Lipinski definition) is 0. The maximum Gasteiger partial charge on any atom is 0 e. The average Bonchev–Trinajstić information content (AvgIpc) is 1.62. The van der Waals surface area contributed by atoms with Crippen LogP contribution in [0.2, 0.25) is 0 Å². The first-order valence-electron chi connectivity index (χ1n) is 7.00. The van der Waals surface area contributed by atoms with E-state index in [0.29, 0.717) is 0 Å². The third-order valence-electron chi connectivity index (χ3n) is 0. The van der Waals surface area contributed by atoms with E-state index < -0.39 is 0 Å². The molecule has 0 heterocycles. The van der Waals surface area contributed by atoms with E-state index in [0.717, 1.165) is 0 Å². The molecule has 4 N–H and O–H groups in total. The van der Waals surface area contributed by atoms with Crippen molar-refractivity contribution in [3.8, 4) is 0 Å². The van der Waals surface area contributed by atoms with Crippen LogP contribution < -0.4 is 0 Å². The third kappa shape index (κ3) is 25200. The van der Waals surface area contributed by atoms with Gasteiger partial charge in [0.15, 0.2) is 0 Å². The monoisotopic (exact) mass is 472 g/mol. The summed E-state index contributed by atoms with van der Waals surface area (Å²) in [5.41, 5.74) is 26.8. The molecule has 4 nitrogen and oxygen atoms in total. The van der Waals surface area contributed by atoms with Crippen molar-refractivity contribution in [3.63, 3.8) is 0 Å². The van der Waals surface area contributed by atoms with Gasteiger partial charge in [0.1, 0.15) is 0 Å². The van der Waals surface area contributed by atoms with E-state index >= 15 is 0 Å². The summed E-state index contributed by atoms with van der Waals surface area (Å²) in [6.45, 7) is 22.3. The molecule has 0 aliphatic carbocycles. The molecule has 0 unspecified atom stereocenters. The van der Waals surface area contributed by atoms with Crippen LogP contribution in [0.1, 0.15) is 83.1 Å². The van der Waals surface area contributed by atoms with Gasteiger partial charge in [-0.25, -0.2) is 0 Å². The summed E-state index contributed by atoms with van der Waals surface area (Å²) in [5, 5.41) is 0. The standard InChI is InChI=1S/4C4H10N.W/c4*1-4(2,3)5;/h4*5H,1-3H3;/q4*-1;. The van der Waals surface area contributed by atoms with E-state index in [2.05, 4.69) is 0 Å². The SMILES string of the molecule is CC(C)(C)[NH-].CC(C)(C)[NH-].CC(C)(C)[NH-].CC(C)(C)[NH-].[W]. The Morgan fingerprint density at radius 1 is 0.333 bits per heavy atom. The first-order chi connectivity index (χ1) is 8.00. The van der Waals surface area contributed by atoms with E-state index in [4.69, 9.17) is 22.9 Å². The smallest absolute Gasteiger partial charge is 0 e. The molecule has 0 fully saturated rings. The van der Waals surface area contributed by atoms with Gasteiger partial charge in [-0.3, -0.25) is 0 Å². The molecule has 0 saturated carbocycles. The summed E-state index contributed by atoms with van der Waals surface area (Å²) >= 11 is 0. The molecule has 21 heavy (non-hydrogen) atoms. The van der Waals surface area contributed by atoms with Crippen molar-refractivity contribution in [1.29, 1.82) is 0 Å². The Kier molecular flexibility index (Phi) is 20.6.